The molecule has 0 unspecified atom stereocenters. The van der Waals surface area contributed by atoms with Gasteiger partial charge in [-0.25, -0.2) is 0 Å². The van der Waals surface area contributed by atoms with Crippen molar-refractivity contribution in [1.29, 1.82) is 0 Å². The third kappa shape index (κ3) is 1.40. The van der Waals surface area contributed by atoms with E-state index in [1.165, 1.54) is 0 Å². The summed E-state index contributed by atoms with van der Waals surface area (Å²) in [6.45, 7) is 4.19. The van der Waals surface area contributed by atoms with Gasteiger partial charge in [0.1, 0.15) is 5.78 Å². The highest BCUT2D eigenvalue weighted by molar-refractivity contribution is 5.88. The Bertz CT molecular complexity index is 190. The first kappa shape index (κ1) is 8.24. The molecule has 68 valence electrons. The van der Waals surface area contributed by atoms with Gasteiger partial charge in [-0.3, -0.25) is 4.79 Å². The van der Waals surface area contributed by atoms with Gasteiger partial charge in [-0.1, -0.05) is 6.92 Å². The van der Waals surface area contributed by atoms with E-state index >= 15 is 0 Å². The molecule has 2 aliphatic rings. The van der Waals surface area contributed by atoms with E-state index in [0.29, 0.717) is 11.7 Å². The second-order valence-corrected chi connectivity index (χ2v) is 4.45. The number of rotatable bonds is 2. The highest BCUT2D eigenvalue weighted by Gasteiger charge is 2.42. The highest BCUT2D eigenvalue weighted by atomic mass is 16.1. The third-order valence-corrected chi connectivity index (χ3v) is 3.25. The van der Waals surface area contributed by atoms with Crippen molar-refractivity contribution in [3.63, 3.8) is 0 Å². The molecule has 0 aromatic heterocycles. The van der Waals surface area contributed by atoms with Crippen molar-refractivity contribution >= 4 is 5.78 Å². The first-order chi connectivity index (χ1) is 5.72. The van der Waals surface area contributed by atoms with Crippen molar-refractivity contribution in [2.75, 3.05) is 13.1 Å². The molecule has 2 rings (SSSR count). The Morgan fingerprint density at radius 1 is 1.33 bits per heavy atom. The van der Waals surface area contributed by atoms with E-state index in [1.54, 1.807) is 0 Å². The summed E-state index contributed by atoms with van der Waals surface area (Å²) in [4.78, 5) is 11.9. The third-order valence-electron chi connectivity index (χ3n) is 3.25. The smallest absolute Gasteiger partial charge is 0.141 e. The van der Waals surface area contributed by atoms with Crippen molar-refractivity contribution < 1.29 is 4.79 Å². The van der Waals surface area contributed by atoms with Crippen LogP contribution in [0.1, 0.15) is 32.6 Å². The van der Waals surface area contributed by atoms with E-state index < -0.39 is 0 Å². The first-order valence-corrected chi connectivity index (χ1v) is 4.97. The normalized spacial score (nSPS) is 28.4. The number of ketones is 1. The predicted molar refractivity (Wildman–Crippen MR) is 47.9 cm³/mol. The number of hydrogen-bond acceptors (Lipinski definition) is 2. The highest BCUT2D eigenvalue weighted by Crippen LogP contribution is 2.40. The largest absolute Gasteiger partial charge is 0.317 e. The van der Waals surface area contributed by atoms with Gasteiger partial charge < -0.3 is 5.32 Å². The van der Waals surface area contributed by atoms with Crippen LogP contribution < -0.4 is 5.32 Å². The Morgan fingerprint density at radius 3 is 2.42 bits per heavy atom. The lowest BCUT2D eigenvalue weighted by Gasteiger charge is -2.32. The lowest BCUT2D eigenvalue weighted by atomic mass is 9.75. The summed E-state index contributed by atoms with van der Waals surface area (Å²) in [5, 5.41) is 3.30. The molecule has 2 fully saturated rings. The number of hydrogen-bond donors (Lipinski definition) is 1. The molecular weight excluding hydrogens is 150 g/mol. The summed E-state index contributed by atoms with van der Waals surface area (Å²) >= 11 is 0. The summed E-state index contributed by atoms with van der Waals surface area (Å²) < 4.78 is 0. The van der Waals surface area contributed by atoms with E-state index in [1.807, 2.05) is 0 Å². The molecule has 2 heteroatoms. The molecule has 1 saturated heterocycles. The van der Waals surface area contributed by atoms with E-state index in [4.69, 9.17) is 0 Å². The fourth-order valence-electron chi connectivity index (χ4n) is 2.06. The second-order valence-electron chi connectivity index (χ2n) is 4.45. The van der Waals surface area contributed by atoms with Crippen LogP contribution in [0.3, 0.4) is 0 Å². The summed E-state index contributed by atoms with van der Waals surface area (Å²) in [7, 11) is 0. The maximum Gasteiger partial charge on any atom is 0.141 e. The SMILES string of the molecule is CC1(C(=O)C2CC2)CCNCC1. The molecule has 1 aliphatic carbocycles. The lowest BCUT2D eigenvalue weighted by molar-refractivity contribution is -0.130. The fraction of sp³-hybridized carbons (Fsp3) is 0.900. The first-order valence-electron chi connectivity index (χ1n) is 4.97. The Morgan fingerprint density at radius 2 is 1.92 bits per heavy atom. The maximum atomic E-state index is 11.9. The minimum absolute atomic E-state index is 0.0203. The number of Topliss-reactive ketones (excluding diaryl/α,β-unsaturated/α-hetero) is 1. The van der Waals surface area contributed by atoms with Crippen LogP contribution in [0, 0.1) is 11.3 Å². The minimum Gasteiger partial charge on any atom is -0.317 e. The van der Waals surface area contributed by atoms with Gasteiger partial charge in [-0.2, -0.15) is 0 Å². The van der Waals surface area contributed by atoms with Gasteiger partial charge in [0.15, 0.2) is 0 Å². The molecule has 0 amide bonds. The van der Waals surface area contributed by atoms with E-state index in [2.05, 4.69) is 12.2 Å². The maximum absolute atomic E-state index is 11.9. The average molecular weight is 167 g/mol. The standard InChI is InChI=1S/C10H17NO/c1-10(4-6-11-7-5-10)9(12)8-2-3-8/h8,11H,2-7H2,1H3. The Hall–Kier alpha value is -0.370. The van der Waals surface area contributed by atoms with Gasteiger partial charge in [-0.05, 0) is 38.8 Å². The van der Waals surface area contributed by atoms with Gasteiger partial charge in [0.05, 0.1) is 0 Å². The molecule has 1 N–H and O–H groups in total. The summed E-state index contributed by atoms with van der Waals surface area (Å²) in [6.07, 6.45) is 4.40. The fourth-order valence-corrected chi connectivity index (χ4v) is 2.06. The molecule has 1 heterocycles. The van der Waals surface area contributed by atoms with Crippen LogP contribution in [-0.2, 0) is 4.79 Å². The monoisotopic (exact) mass is 167 g/mol. The Kier molecular flexibility index (Phi) is 1.95. The summed E-state index contributed by atoms with van der Waals surface area (Å²) in [6, 6.07) is 0. The topological polar surface area (TPSA) is 29.1 Å². The molecular formula is C10H17NO. The van der Waals surface area contributed by atoms with E-state index in [9.17, 15) is 4.79 Å². The van der Waals surface area contributed by atoms with Gasteiger partial charge >= 0.3 is 0 Å². The van der Waals surface area contributed by atoms with Crippen LogP contribution in [0.15, 0.2) is 0 Å². The number of piperidine rings is 1. The molecule has 2 nitrogen and oxygen atoms in total. The number of carbonyl (C=O) groups is 1. The van der Waals surface area contributed by atoms with Gasteiger partial charge in [0, 0.05) is 11.3 Å². The zero-order valence-electron chi connectivity index (χ0n) is 7.73. The van der Waals surface area contributed by atoms with Gasteiger partial charge in [-0.15, -0.1) is 0 Å². The predicted octanol–water partition coefficient (Wildman–Crippen LogP) is 1.36. The Labute approximate surface area is 73.7 Å². The van der Waals surface area contributed by atoms with Gasteiger partial charge in [0.2, 0.25) is 0 Å². The molecule has 0 spiro atoms. The molecule has 0 radical (unpaired) electrons. The Balaban J connectivity index is 2.01. The molecule has 1 aliphatic heterocycles. The van der Waals surface area contributed by atoms with Gasteiger partial charge in [0.25, 0.3) is 0 Å². The zero-order valence-corrected chi connectivity index (χ0v) is 7.73. The van der Waals surface area contributed by atoms with Crippen LogP contribution in [0.2, 0.25) is 0 Å². The van der Waals surface area contributed by atoms with Crippen molar-refractivity contribution in [3.8, 4) is 0 Å². The van der Waals surface area contributed by atoms with Crippen molar-refractivity contribution in [2.45, 2.75) is 32.6 Å². The van der Waals surface area contributed by atoms with Crippen molar-refractivity contribution in [2.24, 2.45) is 11.3 Å². The summed E-state index contributed by atoms with van der Waals surface area (Å²) in [5.74, 6) is 0.983. The molecule has 1 saturated carbocycles. The van der Waals surface area contributed by atoms with Crippen molar-refractivity contribution in [1.82, 2.24) is 5.32 Å². The van der Waals surface area contributed by atoms with E-state index in [0.717, 1.165) is 38.8 Å². The lowest BCUT2D eigenvalue weighted by Crippen LogP contribution is -2.40. The van der Waals surface area contributed by atoms with Crippen LogP contribution in [0.25, 0.3) is 0 Å². The summed E-state index contributed by atoms with van der Waals surface area (Å²) in [5.41, 5.74) is 0.0203. The molecule has 0 aromatic rings. The molecule has 0 bridgehead atoms. The number of nitrogens with one attached hydrogen (secondary N) is 1. The minimum atomic E-state index is 0.0203. The molecule has 0 atom stereocenters. The molecule has 0 aromatic carbocycles. The van der Waals surface area contributed by atoms with Crippen molar-refractivity contribution in [3.05, 3.63) is 0 Å². The van der Waals surface area contributed by atoms with Crippen LogP contribution in [-0.4, -0.2) is 18.9 Å². The molecule has 12 heavy (non-hydrogen) atoms. The van der Waals surface area contributed by atoms with Crippen LogP contribution >= 0.6 is 0 Å². The second kappa shape index (κ2) is 2.84. The average Bonchev–Trinajstić information content (AvgIpc) is 2.87. The quantitative estimate of drug-likeness (QED) is 0.672. The van der Waals surface area contributed by atoms with Crippen LogP contribution in [0.4, 0.5) is 0 Å². The zero-order chi connectivity index (χ0) is 8.60. The van der Waals surface area contributed by atoms with E-state index in [-0.39, 0.29) is 5.41 Å². The number of carbonyl (C=O) groups excluding carboxylic acids is 1. The van der Waals surface area contributed by atoms with Crippen LogP contribution in [0.5, 0.6) is 0 Å².